The lowest BCUT2D eigenvalue weighted by Crippen LogP contribution is -2.13. The van der Waals surface area contributed by atoms with Gasteiger partial charge in [0, 0.05) is 10.7 Å². The van der Waals surface area contributed by atoms with Crippen molar-refractivity contribution in [1.82, 2.24) is 0 Å². The van der Waals surface area contributed by atoms with Gasteiger partial charge in [-0.3, -0.25) is 4.79 Å². The quantitative estimate of drug-likeness (QED) is 0.384. The van der Waals surface area contributed by atoms with Crippen molar-refractivity contribution in [2.24, 2.45) is 0 Å². The van der Waals surface area contributed by atoms with Gasteiger partial charge in [0.2, 0.25) is 0 Å². The number of anilines is 1. The highest BCUT2D eigenvalue weighted by atomic mass is 35.5. The van der Waals surface area contributed by atoms with Gasteiger partial charge in [-0.1, -0.05) is 65.7 Å². The van der Waals surface area contributed by atoms with Crippen LogP contribution in [-0.4, -0.2) is 5.91 Å². The van der Waals surface area contributed by atoms with Crippen LogP contribution in [0.2, 0.25) is 10.0 Å². The molecule has 0 aliphatic heterocycles. The van der Waals surface area contributed by atoms with Crippen LogP contribution in [0.4, 0.5) is 5.69 Å². The summed E-state index contributed by atoms with van der Waals surface area (Å²) in [7, 11) is 0. The zero-order valence-corrected chi connectivity index (χ0v) is 16.7. The summed E-state index contributed by atoms with van der Waals surface area (Å²) in [4.78, 5) is 12.4. The summed E-state index contributed by atoms with van der Waals surface area (Å²) >= 11 is 12.2. The summed E-state index contributed by atoms with van der Waals surface area (Å²) < 4.78 is 5.74. The number of hydrogen-bond donors (Lipinski definition) is 1. The Morgan fingerprint density at radius 1 is 1.03 bits per heavy atom. The highest BCUT2D eigenvalue weighted by molar-refractivity contribution is 6.32. The van der Waals surface area contributed by atoms with Crippen LogP contribution in [-0.2, 0) is 11.4 Å². The lowest BCUT2D eigenvalue weighted by atomic mass is 10.1. The molecule has 0 aliphatic rings. The number of rotatable bonds is 6. The number of ether oxygens (including phenoxy) is 1. The predicted molar refractivity (Wildman–Crippen MR) is 116 cm³/mol. The Balaban J connectivity index is 1.71. The average Bonchev–Trinajstić information content (AvgIpc) is 2.72. The largest absolute Gasteiger partial charge is 0.487 e. The zero-order chi connectivity index (χ0) is 20.6. The summed E-state index contributed by atoms with van der Waals surface area (Å²) in [6.07, 6.45) is 1.47. The molecule has 1 N–H and O–H groups in total. The van der Waals surface area contributed by atoms with E-state index < -0.39 is 5.91 Å². The standard InChI is InChI=1S/C23H16Cl2N2O2/c24-19-7-4-8-20(13-19)27-23(28)18(14-26)11-17-9-10-22(21(25)12-17)29-15-16-5-2-1-3-6-16/h1-13H,15H2,(H,27,28)/b18-11+. The number of benzene rings is 3. The van der Waals surface area contributed by atoms with Gasteiger partial charge in [0.05, 0.1) is 5.02 Å². The molecule has 0 heterocycles. The molecule has 0 spiro atoms. The first kappa shape index (κ1) is 20.5. The molecule has 29 heavy (non-hydrogen) atoms. The van der Waals surface area contributed by atoms with E-state index in [0.29, 0.717) is 33.7 Å². The molecule has 0 atom stereocenters. The molecule has 0 aliphatic carbocycles. The minimum absolute atomic E-state index is 0.0565. The molecule has 0 radical (unpaired) electrons. The van der Waals surface area contributed by atoms with E-state index in [9.17, 15) is 10.1 Å². The SMILES string of the molecule is N#C/C(=C\c1ccc(OCc2ccccc2)c(Cl)c1)C(=O)Nc1cccc(Cl)c1. The van der Waals surface area contributed by atoms with Gasteiger partial charge in [-0.25, -0.2) is 0 Å². The van der Waals surface area contributed by atoms with Crippen LogP contribution in [0, 0.1) is 11.3 Å². The van der Waals surface area contributed by atoms with Gasteiger partial charge in [0.25, 0.3) is 5.91 Å². The van der Waals surface area contributed by atoms with E-state index >= 15 is 0 Å². The van der Waals surface area contributed by atoms with Crippen LogP contribution in [0.25, 0.3) is 6.08 Å². The number of amides is 1. The van der Waals surface area contributed by atoms with Crippen LogP contribution in [0.15, 0.2) is 78.4 Å². The number of halogens is 2. The van der Waals surface area contributed by atoms with Crippen LogP contribution in [0.5, 0.6) is 5.75 Å². The van der Waals surface area contributed by atoms with Crippen molar-refractivity contribution in [1.29, 1.82) is 5.26 Å². The Hall–Kier alpha value is -3.26. The summed E-state index contributed by atoms with van der Waals surface area (Å²) in [6, 6.07) is 23.4. The van der Waals surface area contributed by atoms with Gasteiger partial charge in [-0.05, 0) is 47.5 Å². The van der Waals surface area contributed by atoms with Crippen molar-refractivity contribution in [2.75, 3.05) is 5.32 Å². The van der Waals surface area contributed by atoms with Gasteiger partial charge in [0.1, 0.15) is 24.0 Å². The van der Waals surface area contributed by atoms with Crippen LogP contribution < -0.4 is 10.1 Å². The van der Waals surface area contributed by atoms with E-state index in [4.69, 9.17) is 27.9 Å². The maximum absolute atomic E-state index is 12.4. The van der Waals surface area contributed by atoms with E-state index in [-0.39, 0.29) is 5.57 Å². The molecule has 0 saturated heterocycles. The minimum Gasteiger partial charge on any atom is -0.487 e. The van der Waals surface area contributed by atoms with Crippen LogP contribution in [0.3, 0.4) is 0 Å². The summed E-state index contributed by atoms with van der Waals surface area (Å²) in [5.74, 6) is -0.00940. The van der Waals surface area contributed by atoms with Gasteiger partial charge in [-0.2, -0.15) is 5.26 Å². The zero-order valence-electron chi connectivity index (χ0n) is 15.2. The average molecular weight is 423 g/mol. The second-order valence-corrected chi connectivity index (χ2v) is 6.94. The molecule has 0 saturated carbocycles. The van der Waals surface area contributed by atoms with Gasteiger partial charge < -0.3 is 10.1 Å². The third-order valence-corrected chi connectivity index (χ3v) is 4.48. The van der Waals surface area contributed by atoms with Gasteiger partial charge in [-0.15, -0.1) is 0 Å². The Morgan fingerprint density at radius 3 is 2.52 bits per heavy atom. The first-order valence-electron chi connectivity index (χ1n) is 8.70. The van der Waals surface area contributed by atoms with Crippen molar-refractivity contribution in [3.63, 3.8) is 0 Å². The molecule has 3 aromatic rings. The van der Waals surface area contributed by atoms with Crippen LogP contribution in [0.1, 0.15) is 11.1 Å². The lowest BCUT2D eigenvalue weighted by Gasteiger charge is -2.09. The second-order valence-electron chi connectivity index (χ2n) is 6.10. The molecule has 144 valence electrons. The number of hydrogen-bond acceptors (Lipinski definition) is 3. The van der Waals surface area contributed by atoms with E-state index in [0.717, 1.165) is 5.56 Å². The fourth-order valence-corrected chi connectivity index (χ4v) is 2.97. The molecule has 0 aromatic heterocycles. The molecule has 0 fully saturated rings. The summed E-state index contributed by atoms with van der Waals surface area (Å²) in [5.41, 5.74) is 2.09. The topological polar surface area (TPSA) is 62.1 Å². The van der Waals surface area contributed by atoms with E-state index in [1.807, 2.05) is 36.4 Å². The molecule has 3 rings (SSSR count). The Morgan fingerprint density at radius 2 is 1.83 bits per heavy atom. The fourth-order valence-electron chi connectivity index (χ4n) is 2.54. The third kappa shape index (κ3) is 5.86. The molecular formula is C23H16Cl2N2O2. The molecule has 4 nitrogen and oxygen atoms in total. The second kappa shape index (κ2) is 9.79. The summed E-state index contributed by atoms with van der Waals surface area (Å²) in [6.45, 7) is 0.390. The first-order chi connectivity index (χ1) is 14.0. The van der Waals surface area contributed by atoms with Gasteiger partial charge >= 0.3 is 0 Å². The Kier molecular flexibility index (Phi) is 6.91. The maximum atomic E-state index is 12.4. The number of nitrogens with one attached hydrogen (secondary N) is 1. The van der Waals surface area contributed by atoms with Crippen molar-refractivity contribution in [3.8, 4) is 11.8 Å². The highest BCUT2D eigenvalue weighted by Crippen LogP contribution is 2.27. The molecule has 0 bridgehead atoms. The molecular weight excluding hydrogens is 407 g/mol. The number of nitriles is 1. The minimum atomic E-state index is -0.532. The Bertz CT molecular complexity index is 1090. The monoisotopic (exact) mass is 422 g/mol. The maximum Gasteiger partial charge on any atom is 0.266 e. The van der Waals surface area contributed by atoms with Crippen molar-refractivity contribution >= 4 is 40.9 Å². The van der Waals surface area contributed by atoms with Crippen molar-refractivity contribution in [2.45, 2.75) is 6.61 Å². The molecule has 6 heteroatoms. The van der Waals surface area contributed by atoms with E-state index in [1.54, 1.807) is 42.5 Å². The number of nitrogens with zero attached hydrogens (tertiary/aromatic N) is 1. The first-order valence-corrected chi connectivity index (χ1v) is 9.46. The van der Waals surface area contributed by atoms with E-state index in [1.165, 1.54) is 6.08 Å². The van der Waals surface area contributed by atoms with Crippen LogP contribution >= 0.6 is 23.2 Å². The van der Waals surface area contributed by atoms with Crippen molar-refractivity contribution < 1.29 is 9.53 Å². The highest BCUT2D eigenvalue weighted by Gasteiger charge is 2.11. The van der Waals surface area contributed by atoms with Gasteiger partial charge in [0.15, 0.2) is 0 Å². The smallest absolute Gasteiger partial charge is 0.266 e. The number of carbonyl (C=O) groups excluding carboxylic acids is 1. The third-order valence-electron chi connectivity index (χ3n) is 3.95. The Labute approximate surface area is 179 Å². The van der Waals surface area contributed by atoms with Crippen molar-refractivity contribution in [3.05, 3.63) is 99.5 Å². The molecule has 1 amide bonds. The lowest BCUT2D eigenvalue weighted by molar-refractivity contribution is -0.112. The normalized spacial score (nSPS) is 10.9. The fraction of sp³-hybridized carbons (Fsp3) is 0.0435. The molecule has 0 unspecified atom stereocenters. The van der Waals surface area contributed by atoms with E-state index in [2.05, 4.69) is 5.32 Å². The predicted octanol–water partition coefficient (Wildman–Crippen LogP) is 6.12. The molecule has 3 aromatic carbocycles. The summed E-state index contributed by atoms with van der Waals surface area (Å²) in [5, 5.41) is 12.9. The number of carbonyl (C=O) groups is 1.